The number of ether oxygens (including phenoxy) is 1. The van der Waals surface area contributed by atoms with Crippen molar-refractivity contribution in [2.45, 2.75) is 6.42 Å². The lowest BCUT2D eigenvalue weighted by Crippen LogP contribution is -2.16. The van der Waals surface area contributed by atoms with Crippen LogP contribution in [0.5, 0.6) is 5.75 Å². The molecule has 22 heavy (non-hydrogen) atoms. The van der Waals surface area contributed by atoms with Gasteiger partial charge in [0.05, 0.1) is 18.5 Å². The molecule has 1 aromatic carbocycles. The minimum atomic E-state index is -0.635. The van der Waals surface area contributed by atoms with E-state index in [0.29, 0.717) is 5.75 Å². The summed E-state index contributed by atoms with van der Waals surface area (Å²) in [5.74, 6) is 0.261. The van der Waals surface area contributed by atoms with Crippen molar-refractivity contribution >= 4 is 23.2 Å². The van der Waals surface area contributed by atoms with Crippen LogP contribution in [-0.4, -0.2) is 22.9 Å². The highest BCUT2D eigenvalue weighted by molar-refractivity contribution is 5.91. The lowest BCUT2D eigenvalue weighted by molar-refractivity contribution is -0.384. The molecule has 1 amide bonds. The molecule has 0 fully saturated rings. The summed E-state index contributed by atoms with van der Waals surface area (Å²) in [5, 5.41) is 13.2. The van der Waals surface area contributed by atoms with Gasteiger partial charge in [-0.3, -0.25) is 14.9 Å². The van der Waals surface area contributed by atoms with Crippen molar-refractivity contribution in [1.29, 1.82) is 0 Å². The largest absolute Gasteiger partial charge is 0.497 e. The van der Waals surface area contributed by atoms with E-state index in [2.05, 4.69) is 10.3 Å². The van der Waals surface area contributed by atoms with Crippen LogP contribution in [0.3, 0.4) is 0 Å². The van der Waals surface area contributed by atoms with Crippen LogP contribution in [0.2, 0.25) is 0 Å². The molecule has 2 rings (SSSR count). The second-order valence-electron chi connectivity index (χ2n) is 4.43. The van der Waals surface area contributed by atoms with Crippen molar-refractivity contribution < 1.29 is 14.5 Å². The number of hydrogen-bond acceptors (Lipinski definition) is 6. The number of nitrogens with two attached hydrogens (primary N) is 1. The van der Waals surface area contributed by atoms with Gasteiger partial charge in [0.25, 0.3) is 0 Å². The fourth-order valence-electron chi connectivity index (χ4n) is 1.85. The van der Waals surface area contributed by atoms with E-state index in [0.717, 1.165) is 5.56 Å². The number of amides is 1. The zero-order valence-corrected chi connectivity index (χ0v) is 11.8. The van der Waals surface area contributed by atoms with Crippen molar-refractivity contribution in [2.75, 3.05) is 18.2 Å². The topological polar surface area (TPSA) is 120 Å². The van der Waals surface area contributed by atoms with Gasteiger partial charge in [-0.05, 0) is 23.8 Å². The molecule has 0 radical (unpaired) electrons. The van der Waals surface area contributed by atoms with Gasteiger partial charge in [-0.15, -0.1) is 0 Å². The summed E-state index contributed by atoms with van der Waals surface area (Å²) in [6.07, 6.45) is 0.121. The highest BCUT2D eigenvalue weighted by Crippen LogP contribution is 2.21. The first-order valence-electron chi connectivity index (χ1n) is 6.33. The Hall–Kier alpha value is -3.16. The molecule has 0 unspecified atom stereocenters. The second kappa shape index (κ2) is 6.53. The van der Waals surface area contributed by atoms with Crippen molar-refractivity contribution in [1.82, 2.24) is 4.98 Å². The Kier molecular flexibility index (Phi) is 4.52. The Morgan fingerprint density at radius 3 is 2.82 bits per heavy atom. The maximum atomic E-state index is 11.9. The molecule has 114 valence electrons. The first kappa shape index (κ1) is 15.2. The van der Waals surface area contributed by atoms with E-state index in [9.17, 15) is 14.9 Å². The first-order valence-corrected chi connectivity index (χ1v) is 6.33. The lowest BCUT2D eigenvalue weighted by Gasteiger charge is -2.06. The number of carbonyl (C=O) groups excluding carboxylic acids is 1. The average Bonchev–Trinajstić information content (AvgIpc) is 2.47. The van der Waals surface area contributed by atoms with Crippen molar-refractivity contribution in [3.8, 4) is 5.75 Å². The van der Waals surface area contributed by atoms with Crippen LogP contribution in [0.4, 0.5) is 17.3 Å². The normalized spacial score (nSPS) is 10.0. The van der Waals surface area contributed by atoms with E-state index in [1.165, 1.54) is 12.1 Å². The third-order valence-electron chi connectivity index (χ3n) is 2.87. The summed E-state index contributed by atoms with van der Waals surface area (Å²) in [6, 6.07) is 9.63. The van der Waals surface area contributed by atoms with Crippen LogP contribution >= 0.6 is 0 Å². The average molecular weight is 302 g/mol. The van der Waals surface area contributed by atoms with Crippen LogP contribution < -0.4 is 15.8 Å². The van der Waals surface area contributed by atoms with E-state index in [1.54, 1.807) is 31.4 Å². The van der Waals surface area contributed by atoms with Gasteiger partial charge in [-0.2, -0.15) is 0 Å². The minimum Gasteiger partial charge on any atom is -0.497 e. The molecule has 2 aromatic rings. The van der Waals surface area contributed by atoms with E-state index in [-0.39, 0.29) is 29.7 Å². The first-order chi connectivity index (χ1) is 10.5. The van der Waals surface area contributed by atoms with Crippen molar-refractivity contribution in [3.63, 3.8) is 0 Å². The number of rotatable bonds is 5. The fourth-order valence-corrected chi connectivity index (χ4v) is 1.85. The number of nitrogens with zero attached hydrogens (tertiary/aromatic N) is 2. The number of nitrogens with one attached hydrogen (secondary N) is 1. The van der Waals surface area contributed by atoms with Crippen LogP contribution in [-0.2, 0) is 11.2 Å². The third kappa shape index (κ3) is 3.69. The lowest BCUT2D eigenvalue weighted by atomic mass is 10.1. The number of hydrogen-bond donors (Lipinski definition) is 2. The number of methoxy groups -OCH3 is 1. The van der Waals surface area contributed by atoms with Crippen molar-refractivity contribution in [2.24, 2.45) is 0 Å². The summed E-state index contributed by atoms with van der Waals surface area (Å²) in [4.78, 5) is 25.7. The molecular weight excluding hydrogens is 288 g/mol. The van der Waals surface area contributed by atoms with Gasteiger partial charge in [0.15, 0.2) is 0 Å². The van der Waals surface area contributed by atoms with E-state index in [1.807, 2.05) is 0 Å². The number of nitro groups is 1. The number of benzene rings is 1. The molecule has 0 saturated heterocycles. The van der Waals surface area contributed by atoms with Gasteiger partial charge in [0.2, 0.25) is 11.7 Å². The van der Waals surface area contributed by atoms with Crippen LogP contribution in [0.15, 0.2) is 36.4 Å². The van der Waals surface area contributed by atoms with Crippen LogP contribution in [0.1, 0.15) is 5.56 Å². The molecule has 0 bridgehead atoms. The summed E-state index contributed by atoms with van der Waals surface area (Å²) in [5.41, 5.74) is 5.94. The highest BCUT2D eigenvalue weighted by Gasteiger charge is 2.14. The minimum absolute atomic E-state index is 0.121. The van der Waals surface area contributed by atoms with Gasteiger partial charge < -0.3 is 15.8 Å². The van der Waals surface area contributed by atoms with Crippen LogP contribution in [0, 0.1) is 10.1 Å². The fraction of sp³-hybridized carbons (Fsp3) is 0.143. The SMILES string of the molecule is COc1cccc(CC(=O)Nc2ccc([N+](=O)[O-])c(N)n2)c1. The monoisotopic (exact) mass is 302 g/mol. The Morgan fingerprint density at radius 2 is 2.18 bits per heavy atom. The van der Waals surface area contributed by atoms with E-state index >= 15 is 0 Å². The van der Waals surface area contributed by atoms with E-state index in [4.69, 9.17) is 10.5 Å². The smallest absolute Gasteiger partial charge is 0.311 e. The summed E-state index contributed by atoms with van der Waals surface area (Å²) in [7, 11) is 1.54. The highest BCUT2D eigenvalue weighted by atomic mass is 16.6. The van der Waals surface area contributed by atoms with Crippen LogP contribution in [0.25, 0.3) is 0 Å². The Bertz CT molecular complexity index is 718. The van der Waals surface area contributed by atoms with Gasteiger partial charge in [-0.1, -0.05) is 12.1 Å². The maximum absolute atomic E-state index is 11.9. The molecule has 0 atom stereocenters. The second-order valence-corrected chi connectivity index (χ2v) is 4.43. The molecule has 1 heterocycles. The number of aromatic nitrogens is 1. The number of nitrogen functional groups attached to an aromatic ring is 1. The predicted octanol–water partition coefficient (Wildman–Crippen LogP) is 1.76. The molecule has 8 heteroatoms. The summed E-state index contributed by atoms with van der Waals surface area (Å²) >= 11 is 0. The number of pyridine rings is 1. The molecule has 0 spiro atoms. The number of carbonyl (C=O) groups is 1. The standard InChI is InChI=1S/C14H14N4O4/c1-22-10-4-2-3-9(7-10)8-13(19)16-12-6-5-11(18(20)21)14(15)17-12/h2-7H,8H2,1H3,(H3,15,16,17,19). The zero-order chi connectivity index (χ0) is 16.1. The molecule has 0 aliphatic rings. The maximum Gasteiger partial charge on any atom is 0.311 e. The van der Waals surface area contributed by atoms with E-state index < -0.39 is 4.92 Å². The Balaban J connectivity index is 2.05. The molecular formula is C14H14N4O4. The Labute approximate surface area is 126 Å². The predicted molar refractivity (Wildman–Crippen MR) is 80.6 cm³/mol. The summed E-state index contributed by atoms with van der Waals surface area (Å²) in [6.45, 7) is 0. The van der Waals surface area contributed by atoms with Gasteiger partial charge in [0.1, 0.15) is 11.6 Å². The molecule has 0 aliphatic carbocycles. The molecule has 8 nitrogen and oxygen atoms in total. The summed E-state index contributed by atoms with van der Waals surface area (Å²) < 4.78 is 5.08. The third-order valence-corrected chi connectivity index (χ3v) is 2.87. The molecule has 0 aliphatic heterocycles. The molecule has 3 N–H and O–H groups in total. The van der Waals surface area contributed by atoms with Gasteiger partial charge in [-0.25, -0.2) is 4.98 Å². The quantitative estimate of drug-likeness (QED) is 0.641. The van der Waals surface area contributed by atoms with Gasteiger partial charge >= 0.3 is 5.69 Å². The van der Waals surface area contributed by atoms with Crippen molar-refractivity contribution in [3.05, 3.63) is 52.1 Å². The number of anilines is 2. The molecule has 0 saturated carbocycles. The molecule has 1 aromatic heterocycles. The Morgan fingerprint density at radius 1 is 1.41 bits per heavy atom. The van der Waals surface area contributed by atoms with Gasteiger partial charge in [0, 0.05) is 6.07 Å². The zero-order valence-electron chi connectivity index (χ0n) is 11.8.